The van der Waals surface area contributed by atoms with Gasteiger partial charge in [-0.05, 0) is 20.3 Å². The number of methoxy groups -OCH3 is 1. The van der Waals surface area contributed by atoms with Crippen LogP contribution in [-0.4, -0.2) is 18.9 Å². The van der Waals surface area contributed by atoms with E-state index in [1.165, 1.54) is 7.11 Å². The first-order valence-electron chi connectivity index (χ1n) is 4.65. The summed E-state index contributed by atoms with van der Waals surface area (Å²) in [5, 5.41) is 0. The summed E-state index contributed by atoms with van der Waals surface area (Å²) in [7, 11) is 1.33. The number of Topliss-reactive ketones (excluding diaryl/α,β-unsaturated/α-hetero) is 1. The lowest BCUT2D eigenvalue weighted by Gasteiger charge is -2.20. The van der Waals surface area contributed by atoms with Crippen molar-refractivity contribution in [2.45, 2.75) is 33.1 Å². The van der Waals surface area contributed by atoms with Crippen molar-refractivity contribution in [3.63, 3.8) is 0 Å². The first-order valence-corrected chi connectivity index (χ1v) is 4.65. The van der Waals surface area contributed by atoms with Crippen molar-refractivity contribution < 1.29 is 14.3 Å². The molecule has 14 heavy (non-hydrogen) atoms. The van der Waals surface area contributed by atoms with Gasteiger partial charge in [0.2, 0.25) is 0 Å². The Bertz CT molecular complexity index is 229. The van der Waals surface area contributed by atoms with Gasteiger partial charge in [-0.25, -0.2) is 0 Å². The quantitative estimate of drug-likeness (QED) is 0.485. The number of ketones is 1. The maximum atomic E-state index is 11.4. The highest BCUT2D eigenvalue weighted by molar-refractivity contribution is 5.86. The molecule has 0 N–H and O–H groups in total. The third-order valence-electron chi connectivity index (χ3n) is 2.00. The second-order valence-electron chi connectivity index (χ2n) is 3.92. The molecule has 0 saturated heterocycles. The molecule has 0 heterocycles. The predicted octanol–water partition coefficient (Wildman–Crippen LogP) is 2.11. The second-order valence-corrected chi connectivity index (χ2v) is 3.92. The molecule has 0 aromatic carbocycles. The molecule has 0 bridgehead atoms. The molecule has 0 aromatic heterocycles. The molecule has 0 unspecified atom stereocenters. The molecule has 0 saturated carbocycles. The van der Waals surface area contributed by atoms with Gasteiger partial charge in [-0.2, -0.15) is 0 Å². The summed E-state index contributed by atoms with van der Waals surface area (Å²) in [5.41, 5.74) is -0.715. The Kier molecular flexibility index (Phi) is 5.13. The molecule has 0 spiro atoms. The van der Waals surface area contributed by atoms with E-state index in [0.717, 1.165) is 0 Å². The zero-order chi connectivity index (χ0) is 11.2. The van der Waals surface area contributed by atoms with Crippen molar-refractivity contribution in [3.8, 4) is 0 Å². The van der Waals surface area contributed by atoms with Crippen LogP contribution in [0.3, 0.4) is 0 Å². The van der Waals surface area contributed by atoms with E-state index >= 15 is 0 Å². The summed E-state index contributed by atoms with van der Waals surface area (Å²) in [4.78, 5) is 22.6. The van der Waals surface area contributed by atoms with E-state index in [0.29, 0.717) is 12.8 Å². The van der Waals surface area contributed by atoms with Crippen molar-refractivity contribution in [2.75, 3.05) is 7.11 Å². The molecule has 3 nitrogen and oxygen atoms in total. The fourth-order valence-electron chi connectivity index (χ4n) is 1.19. The summed E-state index contributed by atoms with van der Waals surface area (Å²) < 4.78 is 4.61. The number of hydrogen-bond donors (Lipinski definition) is 0. The largest absolute Gasteiger partial charge is 0.469 e. The first kappa shape index (κ1) is 12.9. The minimum atomic E-state index is -0.715. The molecule has 0 fully saturated rings. The van der Waals surface area contributed by atoms with Crippen molar-refractivity contribution in [3.05, 3.63) is 12.7 Å². The van der Waals surface area contributed by atoms with Crippen molar-refractivity contribution in [1.29, 1.82) is 0 Å². The Labute approximate surface area is 85.1 Å². The number of ether oxygens (including phenoxy) is 1. The SMILES string of the molecule is C=CCCC(=O)CC(C)(C)C(=O)OC. The average molecular weight is 198 g/mol. The van der Waals surface area contributed by atoms with Gasteiger partial charge in [-0.1, -0.05) is 6.08 Å². The fraction of sp³-hybridized carbons (Fsp3) is 0.636. The zero-order valence-electron chi connectivity index (χ0n) is 9.13. The molecule has 0 rings (SSSR count). The van der Waals surface area contributed by atoms with E-state index in [2.05, 4.69) is 11.3 Å². The summed E-state index contributed by atoms with van der Waals surface area (Å²) in [6.07, 6.45) is 3.04. The van der Waals surface area contributed by atoms with Crippen LogP contribution in [0.15, 0.2) is 12.7 Å². The van der Waals surface area contributed by atoms with Crippen molar-refractivity contribution in [2.24, 2.45) is 5.41 Å². The van der Waals surface area contributed by atoms with Gasteiger partial charge < -0.3 is 4.74 Å². The second kappa shape index (κ2) is 5.58. The number of rotatable bonds is 6. The standard InChI is InChI=1S/C11H18O3/c1-5-6-7-9(12)8-11(2,3)10(13)14-4/h5H,1,6-8H2,2-4H3. The Morgan fingerprint density at radius 2 is 2.00 bits per heavy atom. The number of allylic oxidation sites excluding steroid dienone is 1. The lowest BCUT2D eigenvalue weighted by atomic mass is 9.86. The Hall–Kier alpha value is -1.12. The molecular formula is C11H18O3. The normalized spacial score (nSPS) is 10.8. The number of esters is 1. The monoisotopic (exact) mass is 198 g/mol. The summed E-state index contributed by atoms with van der Waals surface area (Å²) >= 11 is 0. The Morgan fingerprint density at radius 1 is 1.43 bits per heavy atom. The van der Waals surface area contributed by atoms with Crippen LogP contribution in [-0.2, 0) is 14.3 Å². The van der Waals surface area contributed by atoms with Gasteiger partial charge in [0.25, 0.3) is 0 Å². The molecule has 0 amide bonds. The molecule has 0 aliphatic carbocycles. The zero-order valence-corrected chi connectivity index (χ0v) is 9.13. The van der Waals surface area contributed by atoms with Crippen LogP contribution in [0.5, 0.6) is 0 Å². The molecule has 3 heteroatoms. The fourth-order valence-corrected chi connectivity index (χ4v) is 1.19. The average Bonchev–Trinajstić information content (AvgIpc) is 2.12. The number of hydrogen-bond acceptors (Lipinski definition) is 3. The third kappa shape index (κ3) is 4.21. The smallest absolute Gasteiger partial charge is 0.311 e. The first-order chi connectivity index (χ1) is 6.44. The van der Waals surface area contributed by atoms with E-state index in [1.807, 2.05) is 0 Å². The van der Waals surface area contributed by atoms with E-state index in [-0.39, 0.29) is 18.2 Å². The predicted molar refractivity (Wildman–Crippen MR) is 54.9 cm³/mol. The Morgan fingerprint density at radius 3 is 2.43 bits per heavy atom. The Balaban J connectivity index is 4.14. The maximum absolute atomic E-state index is 11.4. The van der Waals surface area contributed by atoms with Gasteiger partial charge in [0.05, 0.1) is 12.5 Å². The van der Waals surface area contributed by atoms with Crippen LogP contribution in [0.2, 0.25) is 0 Å². The highest BCUT2D eigenvalue weighted by Crippen LogP contribution is 2.23. The van der Waals surface area contributed by atoms with E-state index in [1.54, 1.807) is 19.9 Å². The highest BCUT2D eigenvalue weighted by Gasteiger charge is 2.30. The molecule has 0 aliphatic heterocycles. The van der Waals surface area contributed by atoms with Crippen LogP contribution < -0.4 is 0 Å². The van der Waals surface area contributed by atoms with Gasteiger partial charge in [-0.15, -0.1) is 6.58 Å². The molecular weight excluding hydrogens is 180 g/mol. The van der Waals surface area contributed by atoms with Crippen LogP contribution in [0.4, 0.5) is 0 Å². The van der Waals surface area contributed by atoms with E-state index in [9.17, 15) is 9.59 Å². The summed E-state index contributed by atoms with van der Waals surface area (Å²) in [5.74, 6) is -0.273. The molecule has 0 radical (unpaired) electrons. The maximum Gasteiger partial charge on any atom is 0.311 e. The van der Waals surface area contributed by atoms with Gasteiger partial charge in [0.15, 0.2) is 0 Å². The van der Waals surface area contributed by atoms with Crippen LogP contribution in [0.25, 0.3) is 0 Å². The van der Waals surface area contributed by atoms with Crippen molar-refractivity contribution in [1.82, 2.24) is 0 Å². The van der Waals surface area contributed by atoms with Gasteiger partial charge in [-0.3, -0.25) is 9.59 Å². The molecule has 0 aromatic rings. The van der Waals surface area contributed by atoms with Crippen LogP contribution >= 0.6 is 0 Å². The van der Waals surface area contributed by atoms with Crippen LogP contribution in [0, 0.1) is 5.41 Å². The minimum absolute atomic E-state index is 0.0697. The lowest BCUT2D eigenvalue weighted by molar-refractivity contribution is -0.152. The van der Waals surface area contributed by atoms with Gasteiger partial charge >= 0.3 is 5.97 Å². The molecule has 0 aliphatic rings. The van der Waals surface area contributed by atoms with E-state index < -0.39 is 5.41 Å². The van der Waals surface area contributed by atoms with Gasteiger partial charge in [0.1, 0.15) is 5.78 Å². The topological polar surface area (TPSA) is 43.4 Å². The number of carbonyl (C=O) groups is 2. The van der Waals surface area contributed by atoms with Gasteiger partial charge in [0, 0.05) is 12.8 Å². The lowest BCUT2D eigenvalue weighted by Crippen LogP contribution is -2.28. The number of carbonyl (C=O) groups excluding carboxylic acids is 2. The van der Waals surface area contributed by atoms with E-state index in [4.69, 9.17) is 0 Å². The summed E-state index contributed by atoms with van der Waals surface area (Å²) in [6, 6.07) is 0. The highest BCUT2D eigenvalue weighted by atomic mass is 16.5. The summed E-state index contributed by atoms with van der Waals surface area (Å²) in [6.45, 7) is 6.96. The minimum Gasteiger partial charge on any atom is -0.469 e. The molecule has 0 atom stereocenters. The molecule has 80 valence electrons. The van der Waals surface area contributed by atoms with Crippen molar-refractivity contribution >= 4 is 11.8 Å². The third-order valence-corrected chi connectivity index (χ3v) is 2.00. The van der Waals surface area contributed by atoms with Crippen LogP contribution in [0.1, 0.15) is 33.1 Å².